The average molecular weight is 428 g/mol. The highest BCUT2D eigenvalue weighted by Crippen LogP contribution is 2.33. The van der Waals surface area contributed by atoms with Crippen LogP contribution in [-0.2, 0) is 9.59 Å². The Morgan fingerprint density at radius 3 is 2.39 bits per heavy atom. The van der Waals surface area contributed by atoms with Gasteiger partial charge in [-0.1, -0.05) is 0 Å². The van der Waals surface area contributed by atoms with Gasteiger partial charge in [0.1, 0.15) is 23.4 Å². The lowest BCUT2D eigenvalue weighted by Crippen LogP contribution is -2.50. The second kappa shape index (κ2) is 8.85. The molecule has 8 heteroatoms. The summed E-state index contributed by atoms with van der Waals surface area (Å²) in [5, 5.41) is 3.93. The van der Waals surface area contributed by atoms with Crippen LogP contribution in [0.4, 0.5) is 5.82 Å². The third kappa shape index (κ3) is 4.38. The number of hydrogen-bond donors (Lipinski definition) is 1. The second-order valence-corrected chi connectivity index (χ2v) is 8.94. The highest BCUT2D eigenvalue weighted by atomic mass is 16.3. The number of hydrogen-bond acceptors (Lipinski definition) is 6. The van der Waals surface area contributed by atoms with Gasteiger partial charge in [-0.2, -0.15) is 4.98 Å². The highest BCUT2D eigenvalue weighted by molar-refractivity contribution is 5.91. The van der Waals surface area contributed by atoms with E-state index in [0.717, 1.165) is 74.4 Å². The van der Waals surface area contributed by atoms with Crippen LogP contribution in [-0.4, -0.2) is 58.9 Å². The van der Waals surface area contributed by atoms with Crippen molar-refractivity contribution in [2.45, 2.75) is 65.8 Å². The van der Waals surface area contributed by atoms with Gasteiger partial charge in [0.05, 0.1) is 5.39 Å². The summed E-state index contributed by atoms with van der Waals surface area (Å²) < 4.78 is 5.81. The fraction of sp³-hybridized carbons (Fsp3) is 0.652. The summed E-state index contributed by atoms with van der Waals surface area (Å²) in [7, 11) is 0. The standard InChI is InChI=1S/C23H33N5O3/c1-14-16(3)31-22-19(14)20(25-17(4)26-22)27-12-8-18(9-13-27)21(29)24-15(2)23(30)28-10-6-5-7-11-28/h15,18H,5-13H2,1-4H3,(H,24,29). The van der Waals surface area contributed by atoms with E-state index in [2.05, 4.69) is 15.2 Å². The van der Waals surface area contributed by atoms with Crippen molar-refractivity contribution in [1.82, 2.24) is 20.2 Å². The molecule has 2 fully saturated rings. The van der Waals surface area contributed by atoms with E-state index in [0.29, 0.717) is 11.5 Å². The zero-order chi connectivity index (χ0) is 22.1. The van der Waals surface area contributed by atoms with Crippen LogP contribution in [0.2, 0.25) is 0 Å². The Morgan fingerprint density at radius 2 is 1.71 bits per heavy atom. The topological polar surface area (TPSA) is 91.6 Å². The number of piperidine rings is 2. The lowest BCUT2D eigenvalue weighted by atomic mass is 9.95. The second-order valence-electron chi connectivity index (χ2n) is 8.94. The van der Waals surface area contributed by atoms with Crippen LogP contribution in [0.15, 0.2) is 4.42 Å². The quantitative estimate of drug-likeness (QED) is 0.807. The molecule has 0 aromatic carbocycles. The summed E-state index contributed by atoms with van der Waals surface area (Å²) >= 11 is 0. The number of nitrogens with zero attached hydrogens (tertiary/aromatic N) is 4. The molecule has 2 saturated heterocycles. The van der Waals surface area contributed by atoms with Crippen molar-refractivity contribution in [3.8, 4) is 0 Å². The number of carbonyl (C=O) groups is 2. The first kappa shape index (κ1) is 21.6. The summed E-state index contributed by atoms with van der Waals surface area (Å²) in [6.07, 6.45) is 4.75. The van der Waals surface area contributed by atoms with E-state index in [1.165, 1.54) is 6.42 Å². The monoisotopic (exact) mass is 427 g/mol. The highest BCUT2D eigenvalue weighted by Gasteiger charge is 2.30. The predicted molar refractivity (Wildman–Crippen MR) is 119 cm³/mol. The van der Waals surface area contributed by atoms with Gasteiger partial charge in [-0.25, -0.2) is 4.98 Å². The van der Waals surface area contributed by atoms with Gasteiger partial charge in [-0.05, 0) is 59.8 Å². The molecule has 168 valence electrons. The van der Waals surface area contributed by atoms with Crippen LogP contribution >= 0.6 is 0 Å². The van der Waals surface area contributed by atoms with Gasteiger partial charge >= 0.3 is 0 Å². The maximum atomic E-state index is 12.8. The number of aromatic nitrogens is 2. The zero-order valence-corrected chi connectivity index (χ0v) is 19.0. The van der Waals surface area contributed by atoms with Gasteiger partial charge in [-0.15, -0.1) is 0 Å². The molecule has 0 spiro atoms. The van der Waals surface area contributed by atoms with Gasteiger partial charge in [0.25, 0.3) is 0 Å². The third-order valence-corrected chi connectivity index (χ3v) is 6.68. The van der Waals surface area contributed by atoms with Gasteiger partial charge in [0, 0.05) is 37.7 Å². The molecule has 2 aliphatic heterocycles. The number of anilines is 1. The van der Waals surface area contributed by atoms with E-state index in [1.807, 2.05) is 25.7 Å². The molecular formula is C23H33N5O3. The van der Waals surface area contributed by atoms with Crippen LogP contribution < -0.4 is 10.2 Å². The molecule has 4 heterocycles. The first-order valence-electron chi connectivity index (χ1n) is 11.4. The molecule has 1 atom stereocenters. The van der Waals surface area contributed by atoms with Gasteiger partial charge < -0.3 is 19.5 Å². The number of rotatable bonds is 4. The van der Waals surface area contributed by atoms with Crippen LogP contribution in [0.5, 0.6) is 0 Å². The van der Waals surface area contributed by atoms with E-state index in [4.69, 9.17) is 9.40 Å². The maximum absolute atomic E-state index is 12.8. The third-order valence-electron chi connectivity index (χ3n) is 6.68. The Kier molecular flexibility index (Phi) is 6.16. The number of amides is 2. The molecule has 4 rings (SSSR count). The Hall–Kier alpha value is -2.64. The molecule has 2 aromatic rings. The normalized spacial score (nSPS) is 19.0. The minimum atomic E-state index is -0.468. The number of aryl methyl sites for hydroxylation is 3. The molecular weight excluding hydrogens is 394 g/mol. The van der Waals surface area contributed by atoms with Crippen molar-refractivity contribution in [3.63, 3.8) is 0 Å². The number of fused-ring (bicyclic) bond motifs is 1. The van der Waals surface area contributed by atoms with Crippen LogP contribution in [0.25, 0.3) is 11.1 Å². The van der Waals surface area contributed by atoms with E-state index in [-0.39, 0.29) is 17.7 Å². The number of carbonyl (C=O) groups excluding carboxylic acids is 2. The Morgan fingerprint density at radius 1 is 1.03 bits per heavy atom. The molecule has 31 heavy (non-hydrogen) atoms. The number of nitrogens with one attached hydrogen (secondary N) is 1. The summed E-state index contributed by atoms with van der Waals surface area (Å²) in [5.41, 5.74) is 1.69. The Labute approximate surface area is 183 Å². The number of furan rings is 1. The van der Waals surface area contributed by atoms with E-state index in [9.17, 15) is 9.59 Å². The summed E-state index contributed by atoms with van der Waals surface area (Å²) in [6, 6.07) is -0.468. The van der Waals surface area contributed by atoms with Gasteiger partial charge in [0.2, 0.25) is 17.5 Å². The molecule has 0 saturated carbocycles. The average Bonchev–Trinajstić information content (AvgIpc) is 3.06. The van der Waals surface area contributed by atoms with Crippen LogP contribution in [0.1, 0.15) is 56.2 Å². The largest absolute Gasteiger partial charge is 0.443 e. The minimum Gasteiger partial charge on any atom is -0.443 e. The predicted octanol–water partition coefficient (Wildman–Crippen LogP) is 2.88. The lowest BCUT2D eigenvalue weighted by Gasteiger charge is -2.34. The number of likely N-dealkylation sites (tertiary alicyclic amines) is 1. The molecule has 2 amide bonds. The van der Waals surface area contributed by atoms with Crippen molar-refractivity contribution in [3.05, 3.63) is 17.1 Å². The van der Waals surface area contributed by atoms with Gasteiger partial charge in [0.15, 0.2) is 0 Å². The summed E-state index contributed by atoms with van der Waals surface area (Å²) in [4.78, 5) is 38.7. The van der Waals surface area contributed by atoms with Crippen molar-refractivity contribution < 1.29 is 14.0 Å². The summed E-state index contributed by atoms with van der Waals surface area (Å²) in [5.74, 6) is 2.37. The molecule has 0 radical (unpaired) electrons. The van der Waals surface area contributed by atoms with Crippen LogP contribution in [0.3, 0.4) is 0 Å². The van der Waals surface area contributed by atoms with Gasteiger partial charge in [-0.3, -0.25) is 9.59 Å². The first-order valence-corrected chi connectivity index (χ1v) is 11.4. The van der Waals surface area contributed by atoms with E-state index < -0.39 is 6.04 Å². The first-order chi connectivity index (χ1) is 14.8. The SMILES string of the molecule is Cc1nc(N2CCC(C(=O)NC(C)C(=O)N3CCCCC3)CC2)c2c(C)c(C)oc2n1. The molecule has 2 aromatic heterocycles. The van der Waals surface area contributed by atoms with E-state index in [1.54, 1.807) is 6.92 Å². The lowest BCUT2D eigenvalue weighted by molar-refractivity contribution is -0.137. The molecule has 1 N–H and O–H groups in total. The van der Waals surface area contributed by atoms with Crippen molar-refractivity contribution in [2.24, 2.45) is 5.92 Å². The van der Waals surface area contributed by atoms with Crippen molar-refractivity contribution >= 4 is 28.7 Å². The molecule has 0 aliphatic carbocycles. The fourth-order valence-corrected chi connectivity index (χ4v) is 4.70. The van der Waals surface area contributed by atoms with Crippen molar-refractivity contribution in [1.29, 1.82) is 0 Å². The Bertz CT molecular complexity index is 971. The smallest absolute Gasteiger partial charge is 0.244 e. The summed E-state index contributed by atoms with van der Waals surface area (Å²) in [6.45, 7) is 10.7. The minimum absolute atomic E-state index is 0.0168. The molecule has 2 aliphatic rings. The maximum Gasteiger partial charge on any atom is 0.244 e. The van der Waals surface area contributed by atoms with Crippen molar-refractivity contribution in [2.75, 3.05) is 31.1 Å². The molecule has 0 bridgehead atoms. The van der Waals surface area contributed by atoms with Crippen LogP contribution in [0, 0.1) is 26.7 Å². The van der Waals surface area contributed by atoms with E-state index >= 15 is 0 Å². The Balaban J connectivity index is 1.38. The zero-order valence-electron chi connectivity index (χ0n) is 19.0. The fourth-order valence-electron chi connectivity index (χ4n) is 4.70. The molecule has 8 nitrogen and oxygen atoms in total. The molecule has 1 unspecified atom stereocenters.